The molecular weight excluding hydrogens is 1030 g/mol. The van der Waals surface area contributed by atoms with E-state index in [9.17, 15) is 10.5 Å². The van der Waals surface area contributed by atoms with Gasteiger partial charge in [-0.25, -0.2) is 0 Å². The molecular formula is C77H43N5O2. The molecule has 0 bridgehead atoms. The van der Waals surface area contributed by atoms with Crippen LogP contribution in [0.25, 0.3) is 104 Å². The van der Waals surface area contributed by atoms with Crippen LogP contribution >= 0.6 is 0 Å². The lowest BCUT2D eigenvalue weighted by Gasteiger charge is -2.40. The van der Waals surface area contributed by atoms with E-state index in [0.717, 1.165) is 105 Å². The van der Waals surface area contributed by atoms with E-state index in [-0.39, 0.29) is 0 Å². The van der Waals surface area contributed by atoms with Crippen LogP contribution in [0.1, 0.15) is 33.4 Å². The van der Waals surface area contributed by atoms with E-state index in [0.29, 0.717) is 33.5 Å². The fourth-order valence-corrected chi connectivity index (χ4v) is 14.7. The average Bonchev–Trinajstić information content (AvgIpc) is 1.59. The number of para-hydroxylation sites is 9. The third-order valence-electron chi connectivity index (χ3n) is 18.0. The molecule has 16 aromatic rings. The van der Waals surface area contributed by atoms with Crippen molar-refractivity contribution in [3.63, 3.8) is 0 Å². The number of nitriles is 2. The summed E-state index contributed by atoms with van der Waals surface area (Å²) >= 11 is 0. The molecule has 1 spiro atoms. The van der Waals surface area contributed by atoms with Crippen LogP contribution < -0.4 is 9.80 Å². The van der Waals surface area contributed by atoms with Gasteiger partial charge in [-0.15, -0.1) is 0 Å². The summed E-state index contributed by atoms with van der Waals surface area (Å²) in [5.74, 6) is 0. The molecule has 2 aliphatic rings. The minimum atomic E-state index is -0.937. The molecule has 0 saturated heterocycles. The highest BCUT2D eigenvalue weighted by Gasteiger charge is 2.53. The molecule has 388 valence electrons. The predicted octanol–water partition coefficient (Wildman–Crippen LogP) is 20.2. The van der Waals surface area contributed by atoms with Crippen molar-refractivity contribution < 1.29 is 8.83 Å². The second-order valence-corrected chi connectivity index (χ2v) is 22.0. The van der Waals surface area contributed by atoms with Crippen molar-refractivity contribution in [2.24, 2.45) is 0 Å². The van der Waals surface area contributed by atoms with E-state index < -0.39 is 5.41 Å². The Kier molecular flexibility index (Phi) is 9.44. The van der Waals surface area contributed by atoms with Gasteiger partial charge < -0.3 is 23.2 Å². The van der Waals surface area contributed by atoms with Crippen molar-refractivity contribution in [3.05, 3.63) is 294 Å². The van der Waals surface area contributed by atoms with E-state index >= 15 is 0 Å². The number of nitrogens with zero attached hydrogens (tertiary/aromatic N) is 5. The lowest BCUT2D eigenvalue weighted by molar-refractivity contribution is 0.667. The molecule has 1 aliphatic carbocycles. The third-order valence-corrected chi connectivity index (χ3v) is 18.0. The highest BCUT2D eigenvalue weighted by Crippen LogP contribution is 2.66. The Morgan fingerprint density at radius 1 is 0.321 bits per heavy atom. The number of fused-ring (bicyclic) bond motifs is 22. The van der Waals surface area contributed by atoms with Crippen molar-refractivity contribution >= 4 is 121 Å². The SMILES string of the molecule is N#Cc1cccc2c1oc1c(N(c3ccccc3)c3cc4c(c5ccccc35)-c3c(cc(N(c5ccccc5)c5cccc6c5oc5c(C#N)cccc56)c5ccccc35)C43c4ccccc4-n4c5ccccc5c5cccc3c54)cccc12. The van der Waals surface area contributed by atoms with Crippen LogP contribution in [0.4, 0.5) is 34.1 Å². The van der Waals surface area contributed by atoms with Crippen LogP contribution in [0.2, 0.25) is 0 Å². The zero-order chi connectivity index (χ0) is 55.4. The lowest BCUT2D eigenvalue weighted by Crippen LogP contribution is -2.34. The van der Waals surface area contributed by atoms with E-state index in [2.05, 4.69) is 251 Å². The molecule has 3 aromatic heterocycles. The monoisotopic (exact) mass is 1070 g/mol. The van der Waals surface area contributed by atoms with Crippen molar-refractivity contribution in [2.75, 3.05) is 9.80 Å². The lowest BCUT2D eigenvalue weighted by atomic mass is 9.65. The Balaban J connectivity index is 1.03. The molecule has 84 heavy (non-hydrogen) atoms. The van der Waals surface area contributed by atoms with Gasteiger partial charge in [0.1, 0.15) is 12.1 Å². The quantitative estimate of drug-likeness (QED) is 0.165. The van der Waals surface area contributed by atoms with Crippen LogP contribution in [0.15, 0.2) is 270 Å². The molecule has 0 atom stereocenters. The summed E-state index contributed by atoms with van der Waals surface area (Å²) in [5, 5.41) is 31.2. The van der Waals surface area contributed by atoms with Crippen molar-refractivity contribution in [1.82, 2.24) is 4.57 Å². The maximum atomic E-state index is 10.4. The Hall–Kier alpha value is -11.6. The van der Waals surface area contributed by atoms with Gasteiger partial charge in [-0.1, -0.05) is 188 Å². The molecule has 7 heteroatoms. The first-order valence-corrected chi connectivity index (χ1v) is 28.3. The first-order chi connectivity index (χ1) is 41.6. The first-order valence-electron chi connectivity index (χ1n) is 28.3. The van der Waals surface area contributed by atoms with Gasteiger partial charge in [-0.2, -0.15) is 10.5 Å². The standard InChI is InChI=1S/C77H43N5O2/c78-44-46-20-15-32-56-58-34-18-40-66(75(58)83-73(46)56)80(48-22-3-1-4-23-48)68-42-62-70(53-29-9-7-26-50(53)68)71-54-30-10-8-27-51(54)69(81(49-24-5-2-6-25-49)67-41-19-35-59-57-33-16-21-47(45-79)74(57)84-76(59)67)43-63(71)77(62)60-36-12-14-39-65(60)82-64-38-13-11-28-52(64)55-31-17-37-61(77)72(55)82/h1-43H. The third kappa shape index (κ3) is 5.96. The zero-order valence-electron chi connectivity index (χ0n) is 44.9. The smallest absolute Gasteiger partial charge is 0.159 e. The van der Waals surface area contributed by atoms with Gasteiger partial charge in [-0.05, 0) is 117 Å². The second kappa shape index (κ2) is 17.2. The summed E-state index contributed by atoms with van der Waals surface area (Å²) in [6.45, 7) is 0. The van der Waals surface area contributed by atoms with Crippen molar-refractivity contribution in [1.29, 1.82) is 10.5 Å². The summed E-state index contributed by atoms with van der Waals surface area (Å²) in [6, 6.07) is 97.9. The minimum Gasteiger partial charge on any atom is -0.452 e. The molecule has 0 fully saturated rings. The largest absolute Gasteiger partial charge is 0.452 e. The normalized spacial score (nSPS) is 12.8. The van der Waals surface area contributed by atoms with Gasteiger partial charge in [0.05, 0.1) is 56.0 Å². The topological polar surface area (TPSA) is 85.3 Å². The highest BCUT2D eigenvalue weighted by atomic mass is 16.3. The number of furan rings is 2. The Labute approximate surface area is 481 Å². The first kappa shape index (κ1) is 46.1. The Morgan fingerprint density at radius 3 is 1.26 bits per heavy atom. The van der Waals surface area contributed by atoms with Gasteiger partial charge in [0, 0.05) is 54.5 Å². The van der Waals surface area contributed by atoms with Crippen LogP contribution in [0, 0.1) is 22.7 Å². The average molecular weight is 1070 g/mol. The number of hydrogen-bond donors (Lipinski definition) is 0. The Morgan fingerprint density at radius 2 is 0.726 bits per heavy atom. The number of rotatable bonds is 6. The molecule has 0 N–H and O–H groups in total. The predicted molar refractivity (Wildman–Crippen MR) is 340 cm³/mol. The van der Waals surface area contributed by atoms with Gasteiger partial charge in [0.15, 0.2) is 22.3 Å². The van der Waals surface area contributed by atoms with Gasteiger partial charge in [0.25, 0.3) is 0 Å². The van der Waals surface area contributed by atoms with E-state index in [1.54, 1.807) is 0 Å². The number of anilines is 6. The maximum absolute atomic E-state index is 10.4. The molecule has 0 amide bonds. The molecule has 1 aliphatic heterocycles. The van der Waals surface area contributed by atoms with Gasteiger partial charge >= 0.3 is 0 Å². The number of aromatic nitrogens is 1. The highest BCUT2D eigenvalue weighted by molar-refractivity contribution is 6.22. The molecule has 4 heterocycles. The van der Waals surface area contributed by atoms with Crippen molar-refractivity contribution in [2.45, 2.75) is 5.41 Å². The fourth-order valence-electron chi connectivity index (χ4n) is 14.7. The van der Waals surface area contributed by atoms with Crippen molar-refractivity contribution in [3.8, 4) is 29.0 Å². The number of hydrogen-bond acceptors (Lipinski definition) is 6. The van der Waals surface area contributed by atoms with E-state index in [4.69, 9.17) is 8.83 Å². The zero-order valence-corrected chi connectivity index (χ0v) is 44.9. The summed E-state index contributed by atoms with van der Waals surface area (Å²) in [7, 11) is 0. The molecule has 0 radical (unpaired) electrons. The summed E-state index contributed by atoms with van der Waals surface area (Å²) in [6.07, 6.45) is 0. The molecule has 13 aromatic carbocycles. The molecule has 0 unspecified atom stereocenters. The minimum absolute atomic E-state index is 0.492. The summed E-state index contributed by atoms with van der Waals surface area (Å²) in [4.78, 5) is 4.74. The molecule has 18 rings (SSSR count). The van der Waals surface area contributed by atoms with E-state index in [1.807, 2.05) is 36.4 Å². The Bertz CT molecular complexity index is 5360. The van der Waals surface area contributed by atoms with Crippen LogP contribution in [0.3, 0.4) is 0 Å². The maximum Gasteiger partial charge on any atom is 0.159 e. The molecule has 0 saturated carbocycles. The molecule has 7 nitrogen and oxygen atoms in total. The van der Waals surface area contributed by atoms with Crippen LogP contribution in [-0.2, 0) is 5.41 Å². The van der Waals surface area contributed by atoms with Crippen LogP contribution in [-0.4, -0.2) is 4.57 Å². The number of benzene rings is 13. The second-order valence-electron chi connectivity index (χ2n) is 22.0. The summed E-state index contributed by atoms with van der Waals surface area (Å²) in [5.41, 5.74) is 18.6. The fraction of sp³-hybridized carbons (Fsp3) is 0.0130. The van der Waals surface area contributed by atoms with Gasteiger partial charge in [0.2, 0.25) is 0 Å². The van der Waals surface area contributed by atoms with Gasteiger partial charge in [-0.3, -0.25) is 0 Å². The van der Waals surface area contributed by atoms with Crippen LogP contribution in [0.5, 0.6) is 0 Å². The van der Waals surface area contributed by atoms with E-state index in [1.165, 1.54) is 33.0 Å². The summed E-state index contributed by atoms with van der Waals surface area (Å²) < 4.78 is 16.4.